The topological polar surface area (TPSA) is 67.1 Å². The van der Waals surface area contributed by atoms with Crippen molar-refractivity contribution in [2.24, 2.45) is 5.92 Å². The van der Waals surface area contributed by atoms with Gasteiger partial charge in [-0.05, 0) is 49.1 Å². The van der Waals surface area contributed by atoms with Gasteiger partial charge in [-0.15, -0.1) is 11.3 Å². The number of fused-ring (bicyclic) bond motifs is 1. The van der Waals surface area contributed by atoms with Crippen molar-refractivity contribution in [2.75, 3.05) is 24.6 Å². The zero-order valence-corrected chi connectivity index (χ0v) is 17.7. The minimum Gasteiger partial charge on any atom is -0.394 e. The van der Waals surface area contributed by atoms with Crippen molar-refractivity contribution in [1.29, 1.82) is 0 Å². The second kappa shape index (κ2) is 8.17. The highest BCUT2D eigenvalue weighted by Crippen LogP contribution is 2.36. The molecule has 4 heterocycles. The standard InChI is InChI=1S/C21H29N5OS/c1-14(2)12-17-13-28-21-19(17)20(23-15(3)24-21)25-8-5-16(6-9-25)18-4-7-22-26(18)10-11-27/h4,7,13-14,16,27H,5-6,8-12H2,1-3H3. The maximum absolute atomic E-state index is 9.26. The quantitative estimate of drug-likeness (QED) is 0.683. The number of anilines is 1. The minimum absolute atomic E-state index is 0.127. The first-order valence-corrected chi connectivity index (χ1v) is 11.1. The number of nitrogens with zero attached hydrogens (tertiary/aromatic N) is 5. The maximum atomic E-state index is 9.26. The first-order chi connectivity index (χ1) is 13.6. The Bertz CT molecular complexity index is 940. The smallest absolute Gasteiger partial charge is 0.141 e. The molecule has 0 amide bonds. The molecular weight excluding hydrogens is 370 g/mol. The van der Waals surface area contributed by atoms with Crippen LogP contribution in [-0.4, -0.2) is 44.6 Å². The molecule has 1 saturated heterocycles. The Kier molecular flexibility index (Phi) is 5.64. The van der Waals surface area contributed by atoms with Crippen LogP contribution in [0.2, 0.25) is 0 Å². The molecule has 7 heteroatoms. The Morgan fingerprint density at radius 3 is 2.75 bits per heavy atom. The van der Waals surface area contributed by atoms with Gasteiger partial charge in [-0.3, -0.25) is 4.68 Å². The van der Waals surface area contributed by atoms with E-state index in [4.69, 9.17) is 9.97 Å². The summed E-state index contributed by atoms with van der Waals surface area (Å²) in [6.45, 7) is 9.18. The monoisotopic (exact) mass is 399 g/mol. The first kappa shape index (κ1) is 19.3. The van der Waals surface area contributed by atoms with Crippen LogP contribution in [0.3, 0.4) is 0 Å². The number of aliphatic hydroxyl groups excluding tert-OH is 1. The van der Waals surface area contributed by atoms with Crippen LogP contribution in [0.15, 0.2) is 17.6 Å². The fraction of sp³-hybridized carbons (Fsp3) is 0.571. The van der Waals surface area contributed by atoms with Gasteiger partial charge in [0.1, 0.15) is 16.5 Å². The summed E-state index contributed by atoms with van der Waals surface area (Å²) in [4.78, 5) is 13.1. The number of aromatic nitrogens is 4. The molecule has 0 saturated carbocycles. The number of aryl methyl sites for hydroxylation is 1. The average molecular weight is 400 g/mol. The van der Waals surface area contributed by atoms with Crippen molar-refractivity contribution < 1.29 is 5.11 Å². The van der Waals surface area contributed by atoms with Gasteiger partial charge in [-0.1, -0.05) is 13.8 Å². The van der Waals surface area contributed by atoms with Crippen molar-refractivity contribution in [2.45, 2.75) is 52.5 Å². The van der Waals surface area contributed by atoms with Crippen molar-refractivity contribution >= 4 is 27.4 Å². The number of hydrogen-bond donors (Lipinski definition) is 1. The van der Waals surface area contributed by atoms with E-state index in [-0.39, 0.29) is 6.61 Å². The lowest BCUT2D eigenvalue weighted by Gasteiger charge is -2.33. The Morgan fingerprint density at radius 1 is 1.25 bits per heavy atom. The minimum atomic E-state index is 0.127. The summed E-state index contributed by atoms with van der Waals surface area (Å²) >= 11 is 1.74. The summed E-state index contributed by atoms with van der Waals surface area (Å²) in [5.41, 5.74) is 2.63. The molecule has 4 rings (SSSR count). The van der Waals surface area contributed by atoms with Gasteiger partial charge in [0.2, 0.25) is 0 Å². The molecule has 0 radical (unpaired) electrons. The molecule has 1 N–H and O–H groups in total. The van der Waals surface area contributed by atoms with Crippen molar-refractivity contribution in [3.8, 4) is 0 Å². The van der Waals surface area contributed by atoms with E-state index in [0.29, 0.717) is 18.4 Å². The van der Waals surface area contributed by atoms with Gasteiger partial charge in [0.25, 0.3) is 0 Å². The second-order valence-corrected chi connectivity index (χ2v) is 8.96. The molecule has 1 fully saturated rings. The van der Waals surface area contributed by atoms with Crippen molar-refractivity contribution in [3.63, 3.8) is 0 Å². The van der Waals surface area contributed by atoms with E-state index in [1.54, 1.807) is 11.3 Å². The summed E-state index contributed by atoms with van der Waals surface area (Å²) in [5, 5.41) is 17.2. The highest BCUT2D eigenvalue weighted by Gasteiger charge is 2.26. The molecule has 1 aliphatic heterocycles. The summed E-state index contributed by atoms with van der Waals surface area (Å²) in [7, 11) is 0. The van der Waals surface area contributed by atoms with Gasteiger partial charge in [0.15, 0.2) is 0 Å². The van der Waals surface area contributed by atoms with Gasteiger partial charge in [-0.25, -0.2) is 9.97 Å². The first-order valence-electron chi connectivity index (χ1n) is 10.2. The summed E-state index contributed by atoms with van der Waals surface area (Å²) < 4.78 is 1.95. The third-order valence-corrected chi connectivity index (χ3v) is 6.43. The largest absolute Gasteiger partial charge is 0.394 e. The predicted octanol–water partition coefficient (Wildman–Crippen LogP) is 3.77. The van der Waals surface area contributed by atoms with Crippen LogP contribution < -0.4 is 4.90 Å². The van der Waals surface area contributed by atoms with E-state index in [0.717, 1.165) is 48.8 Å². The van der Waals surface area contributed by atoms with Gasteiger partial charge < -0.3 is 10.0 Å². The van der Waals surface area contributed by atoms with Crippen LogP contribution in [0.5, 0.6) is 0 Å². The maximum Gasteiger partial charge on any atom is 0.141 e. The number of rotatable bonds is 6. The molecule has 0 spiro atoms. The molecule has 3 aromatic rings. The summed E-state index contributed by atoms with van der Waals surface area (Å²) in [6.07, 6.45) is 5.06. The van der Waals surface area contributed by atoms with E-state index < -0.39 is 0 Å². The van der Waals surface area contributed by atoms with Crippen molar-refractivity contribution in [3.05, 3.63) is 34.7 Å². The Hall–Kier alpha value is -1.99. The molecule has 0 atom stereocenters. The molecule has 0 unspecified atom stereocenters. The second-order valence-electron chi connectivity index (χ2n) is 8.10. The number of aliphatic hydroxyl groups is 1. The van der Waals surface area contributed by atoms with E-state index in [2.05, 4.69) is 35.3 Å². The number of hydrogen-bond acceptors (Lipinski definition) is 6. The van der Waals surface area contributed by atoms with Gasteiger partial charge in [-0.2, -0.15) is 5.10 Å². The van der Waals surface area contributed by atoms with E-state index in [9.17, 15) is 5.11 Å². The summed E-state index contributed by atoms with van der Waals surface area (Å²) in [5.74, 6) is 3.07. The molecular formula is C21H29N5OS. The molecule has 0 aromatic carbocycles. The van der Waals surface area contributed by atoms with Crippen LogP contribution in [0.4, 0.5) is 5.82 Å². The van der Waals surface area contributed by atoms with Gasteiger partial charge in [0, 0.05) is 30.9 Å². The average Bonchev–Trinajstić information content (AvgIpc) is 3.28. The van der Waals surface area contributed by atoms with Crippen LogP contribution in [0, 0.1) is 12.8 Å². The lowest BCUT2D eigenvalue weighted by molar-refractivity contribution is 0.265. The molecule has 6 nitrogen and oxygen atoms in total. The van der Waals surface area contributed by atoms with E-state index >= 15 is 0 Å². The third-order valence-electron chi connectivity index (χ3n) is 5.50. The van der Waals surface area contributed by atoms with Crippen LogP contribution in [0.25, 0.3) is 10.2 Å². The number of thiophene rings is 1. The highest BCUT2D eigenvalue weighted by molar-refractivity contribution is 7.17. The molecule has 150 valence electrons. The third kappa shape index (κ3) is 3.78. The fourth-order valence-corrected chi connectivity index (χ4v) is 5.25. The zero-order valence-electron chi connectivity index (χ0n) is 16.9. The van der Waals surface area contributed by atoms with Crippen LogP contribution in [0.1, 0.15) is 49.7 Å². The molecule has 0 aliphatic carbocycles. The molecule has 1 aliphatic rings. The Balaban J connectivity index is 1.58. The molecule has 3 aromatic heterocycles. The Morgan fingerprint density at radius 2 is 2.04 bits per heavy atom. The molecule has 0 bridgehead atoms. The summed E-state index contributed by atoms with van der Waals surface area (Å²) in [6, 6.07) is 2.10. The lowest BCUT2D eigenvalue weighted by atomic mass is 9.93. The lowest BCUT2D eigenvalue weighted by Crippen LogP contribution is -2.34. The highest BCUT2D eigenvalue weighted by atomic mass is 32.1. The van der Waals surface area contributed by atoms with Gasteiger partial charge >= 0.3 is 0 Å². The fourth-order valence-electron chi connectivity index (χ4n) is 4.26. The Labute approximate surface area is 170 Å². The van der Waals surface area contributed by atoms with Crippen LogP contribution >= 0.6 is 11.3 Å². The molecule has 28 heavy (non-hydrogen) atoms. The zero-order chi connectivity index (χ0) is 19.7. The SMILES string of the molecule is Cc1nc(N2CCC(c3ccnn3CCO)CC2)c2c(CC(C)C)csc2n1. The van der Waals surface area contributed by atoms with Gasteiger partial charge in [0.05, 0.1) is 18.5 Å². The van der Waals surface area contributed by atoms with Crippen LogP contribution in [-0.2, 0) is 13.0 Å². The van der Waals surface area contributed by atoms with E-state index in [1.807, 2.05) is 17.8 Å². The van der Waals surface area contributed by atoms with Crippen molar-refractivity contribution in [1.82, 2.24) is 19.7 Å². The normalized spacial score (nSPS) is 15.8. The number of piperidine rings is 1. The van der Waals surface area contributed by atoms with E-state index in [1.165, 1.54) is 16.6 Å². The predicted molar refractivity (Wildman–Crippen MR) is 114 cm³/mol.